The second-order valence-electron chi connectivity index (χ2n) is 4.27. The standard InChI is InChI=1S/C14H18N4O3/c1-19-8-10-4-3-5-11(6-10)21-14-7-12(18-15)16-13(17-14)9-20-2/h3-7H,8-9,15H2,1-2H3,(H,16,17,18). The molecule has 0 saturated heterocycles. The molecule has 112 valence electrons. The van der Waals surface area contributed by atoms with Gasteiger partial charge in [0.15, 0.2) is 5.82 Å². The minimum Gasteiger partial charge on any atom is -0.439 e. The Labute approximate surface area is 123 Å². The minimum atomic E-state index is 0.273. The van der Waals surface area contributed by atoms with Crippen LogP contribution >= 0.6 is 0 Å². The van der Waals surface area contributed by atoms with Gasteiger partial charge in [-0.2, -0.15) is 4.98 Å². The van der Waals surface area contributed by atoms with Crippen molar-refractivity contribution in [3.05, 3.63) is 41.7 Å². The molecule has 0 aliphatic heterocycles. The molecule has 0 radical (unpaired) electrons. The molecule has 21 heavy (non-hydrogen) atoms. The largest absolute Gasteiger partial charge is 0.439 e. The zero-order valence-electron chi connectivity index (χ0n) is 12.0. The second kappa shape index (κ2) is 7.53. The fraction of sp³-hybridized carbons (Fsp3) is 0.286. The Morgan fingerprint density at radius 3 is 2.62 bits per heavy atom. The number of nitrogen functional groups attached to an aromatic ring is 1. The number of benzene rings is 1. The first-order valence-electron chi connectivity index (χ1n) is 6.34. The number of ether oxygens (including phenoxy) is 3. The Hall–Kier alpha value is -2.22. The van der Waals surface area contributed by atoms with Gasteiger partial charge in [0.25, 0.3) is 0 Å². The van der Waals surface area contributed by atoms with Crippen molar-refractivity contribution in [1.82, 2.24) is 9.97 Å². The number of hydrogen-bond donors (Lipinski definition) is 2. The fourth-order valence-corrected chi connectivity index (χ4v) is 1.78. The van der Waals surface area contributed by atoms with Gasteiger partial charge in [0.2, 0.25) is 5.88 Å². The molecule has 1 aromatic heterocycles. The van der Waals surface area contributed by atoms with Crippen LogP contribution in [0.3, 0.4) is 0 Å². The van der Waals surface area contributed by atoms with Crippen molar-refractivity contribution in [3.63, 3.8) is 0 Å². The minimum absolute atomic E-state index is 0.273. The molecule has 0 unspecified atom stereocenters. The van der Waals surface area contributed by atoms with Gasteiger partial charge < -0.3 is 19.6 Å². The van der Waals surface area contributed by atoms with Gasteiger partial charge in [0, 0.05) is 20.3 Å². The first kappa shape index (κ1) is 15.2. The summed E-state index contributed by atoms with van der Waals surface area (Å²) in [6.45, 7) is 0.793. The van der Waals surface area contributed by atoms with E-state index in [0.29, 0.717) is 29.9 Å². The number of hydrogen-bond acceptors (Lipinski definition) is 7. The zero-order chi connectivity index (χ0) is 15.1. The van der Waals surface area contributed by atoms with E-state index in [1.54, 1.807) is 20.3 Å². The summed E-state index contributed by atoms with van der Waals surface area (Å²) < 4.78 is 15.9. The number of nitrogens with one attached hydrogen (secondary N) is 1. The highest BCUT2D eigenvalue weighted by Crippen LogP contribution is 2.22. The lowest BCUT2D eigenvalue weighted by atomic mass is 10.2. The molecule has 1 aromatic carbocycles. The Kier molecular flexibility index (Phi) is 5.44. The Balaban J connectivity index is 2.21. The average Bonchev–Trinajstić information content (AvgIpc) is 2.48. The van der Waals surface area contributed by atoms with Crippen LogP contribution in [-0.2, 0) is 22.7 Å². The number of hydrazine groups is 1. The summed E-state index contributed by atoms with van der Waals surface area (Å²) in [6.07, 6.45) is 0. The van der Waals surface area contributed by atoms with Gasteiger partial charge in [0.1, 0.15) is 18.2 Å². The van der Waals surface area contributed by atoms with E-state index in [4.69, 9.17) is 20.1 Å². The number of nitrogens with two attached hydrogens (primary N) is 1. The van der Waals surface area contributed by atoms with E-state index in [-0.39, 0.29) is 6.61 Å². The van der Waals surface area contributed by atoms with Crippen molar-refractivity contribution in [1.29, 1.82) is 0 Å². The molecule has 0 spiro atoms. The zero-order valence-corrected chi connectivity index (χ0v) is 12.0. The third-order valence-electron chi connectivity index (χ3n) is 2.60. The van der Waals surface area contributed by atoms with Crippen LogP contribution in [0.25, 0.3) is 0 Å². The summed E-state index contributed by atoms with van der Waals surface area (Å²) >= 11 is 0. The van der Waals surface area contributed by atoms with Crippen molar-refractivity contribution in [2.45, 2.75) is 13.2 Å². The van der Waals surface area contributed by atoms with Crippen molar-refractivity contribution in [2.24, 2.45) is 5.84 Å². The number of nitrogens with zero attached hydrogens (tertiary/aromatic N) is 2. The van der Waals surface area contributed by atoms with Crippen LogP contribution in [0, 0.1) is 0 Å². The van der Waals surface area contributed by atoms with E-state index in [0.717, 1.165) is 5.56 Å². The van der Waals surface area contributed by atoms with Gasteiger partial charge >= 0.3 is 0 Å². The van der Waals surface area contributed by atoms with Crippen LogP contribution in [0.5, 0.6) is 11.6 Å². The molecule has 2 rings (SSSR count). The van der Waals surface area contributed by atoms with E-state index in [1.807, 2.05) is 24.3 Å². The molecule has 7 nitrogen and oxygen atoms in total. The Morgan fingerprint density at radius 1 is 1.10 bits per heavy atom. The highest BCUT2D eigenvalue weighted by Gasteiger charge is 2.06. The molecular weight excluding hydrogens is 272 g/mol. The molecule has 0 aliphatic carbocycles. The molecule has 0 atom stereocenters. The first-order chi connectivity index (χ1) is 10.2. The summed E-state index contributed by atoms with van der Waals surface area (Å²) in [5.41, 5.74) is 3.49. The smallest absolute Gasteiger partial charge is 0.224 e. The summed E-state index contributed by atoms with van der Waals surface area (Å²) in [4.78, 5) is 8.41. The lowest BCUT2D eigenvalue weighted by molar-refractivity contribution is 0.177. The van der Waals surface area contributed by atoms with E-state index < -0.39 is 0 Å². The maximum Gasteiger partial charge on any atom is 0.224 e. The van der Waals surface area contributed by atoms with Gasteiger partial charge in [-0.3, -0.25) is 0 Å². The monoisotopic (exact) mass is 290 g/mol. The van der Waals surface area contributed by atoms with Crippen LogP contribution in [0.15, 0.2) is 30.3 Å². The molecule has 0 aliphatic rings. The van der Waals surface area contributed by atoms with Crippen molar-refractivity contribution >= 4 is 5.82 Å². The summed E-state index contributed by atoms with van der Waals surface area (Å²) in [7, 11) is 3.22. The summed E-state index contributed by atoms with van der Waals surface area (Å²) in [5.74, 6) is 7.38. The second-order valence-corrected chi connectivity index (χ2v) is 4.27. The summed E-state index contributed by atoms with van der Waals surface area (Å²) in [5, 5.41) is 0. The highest BCUT2D eigenvalue weighted by atomic mass is 16.5. The molecule has 2 aromatic rings. The molecule has 0 saturated carbocycles. The number of aromatic nitrogens is 2. The maximum atomic E-state index is 5.74. The molecule has 7 heteroatoms. The van der Waals surface area contributed by atoms with Crippen molar-refractivity contribution < 1.29 is 14.2 Å². The van der Waals surface area contributed by atoms with E-state index in [1.165, 1.54) is 0 Å². The Bertz CT molecular complexity index is 592. The number of methoxy groups -OCH3 is 2. The summed E-state index contributed by atoms with van der Waals surface area (Å²) in [6, 6.07) is 9.19. The molecule has 0 bridgehead atoms. The van der Waals surface area contributed by atoms with Crippen LogP contribution in [0.2, 0.25) is 0 Å². The van der Waals surface area contributed by atoms with E-state index in [9.17, 15) is 0 Å². The lowest BCUT2D eigenvalue weighted by Gasteiger charge is -2.09. The van der Waals surface area contributed by atoms with Crippen LogP contribution in [0.4, 0.5) is 5.82 Å². The van der Waals surface area contributed by atoms with Crippen LogP contribution in [0.1, 0.15) is 11.4 Å². The van der Waals surface area contributed by atoms with Gasteiger partial charge in [-0.25, -0.2) is 10.8 Å². The van der Waals surface area contributed by atoms with Crippen LogP contribution < -0.4 is 16.0 Å². The van der Waals surface area contributed by atoms with Gasteiger partial charge in [-0.05, 0) is 17.7 Å². The third kappa shape index (κ3) is 4.38. The van der Waals surface area contributed by atoms with Gasteiger partial charge in [-0.15, -0.1) is 0 Å². The molecular formula is C14H18N4O3. The topological polar surface area (TPSA) is 91.5 Å². The number of rotatable bonds is 7. The lowest BCUT2D eigenvalue weighted by Crippen LogP contribution is -2.11. The molecule has 0 fully saturated rings. The van der Waals surface area contributed by atoms with Gasteiger partial charge in [-0.1, -0.05) is 12.1 Å². The fourth-order valence-electron chi connectivity index (χ4n) is 1.78. The predicted molar refractivity (Wildman–Crippen MR) is 77.8 cm³/mol. The van der Waals surface area contributed by atoms with E-state index >= 15 is 0 Å². The molecule has 3 N–H and O–H groups in total. The van der Waals surface area contributed by atoms with Crippen LogP contribution in [-0.4, -0.2) is 24.2 Å². The molecule has 1 heterocycles. The quantitative estimate of drug-likeness (QED) is 0.594. The third-order valence-corrected chi connectivity index (χ3v) is 2.60. The highest BCUT2D eigenvalue weighted by molar-refractivity contribution is 5.39. The molecule has 0 amide bonds. The van der Waals surface area contributed by atoms with E-state index in [2.05, 4.69) is 15.4 Å². The average molecular weight is 290 g/mol. The maximum absolute atomic E-state index is 5.74. The van der Waals surface area contributed by atoms with Gasteiger partial charge in [0.05, 0.1) is 6.61 Å². The Morgan fingerprint density at radius 2 is 1.90 bits per heavy atom. The first-order valence-corrected chi connectivity index (χ1v) is 6.34. The SMILES string of the molecule is COCc1cccc(Oc2cc(NN)nc(COC)n2)c1. The normalized spacial score (nSPS) is 10.4. The predicted octanol–water partition coefficient (Wildman–Crippen LogP) is 1.85. The van der Waals surface area contributed by atoms with Crippen molar-refractivity contribution in [3.8, 4) is 11.6 Å². The van der Waals surface area contributed by atoms with Crippen molar-refractivity contribution in [2.75, 3.05) is 19.6 Å². The number of anilines is 1.